The first-order valence-electron chi connectivity index (χ1n) is 2.63. The van der Waals surface area contributed by atoms with Crippen LogP contribution in [0.15, 0.2) is 16.8 Å². The average Bonchev–Trinajstić information content (AvgIpc) is 2.15. The van der Waals surface area contributed by atoms with E-state index in [0.717, 1.165) is 5.56 Å². The van der Waals surface area contributed by atoms with E-state index >= 15 is 0 Å². The van der Waals surface area contributed by atoms with Crippen LogP contribution in [0.4, 0.5) is 0 Å². The Balaban J connectivity index is 2.58. The summed E-state index contributed by atoms with van der Waals surface area (Å²) in [7, 11) is 0. The normalized spacial score (nSPS) is 9.33. The largest absolute Gasteiger partial charge is 0.387 e. The molecule has 0 aromatic carbocycles. The zero-order valence-electron chi connectivity index (χ0n) is 4.92. The van der Waals surface area contributed by atoms with Crippen molar-refractivity contribution in [3.8, 4) is 0 Å². The molecule has 1 heterocycles. The molecule has 0 unspecified atom stereocenters. The molecule has 0 spiro atoms. The zero-order chi connectivity index (χ0) is 6.69. The number of hydrogen-bond donors (Lipinski definition) is 2. The molecule has 0 radical (unpaired) electrons. The molecule has 0 aliphatic heterocycles. The van der Waals surface area contributed by atoms with Gasteiger partial charge in [-0.2, -0.15) is 11.3 Å². The van der Waals surface area contributed by atoms with Gasteiger partial charge in [0.05, 0.1) is 5.84 Å². The van der Waals surface area contributed by atoms with E-state index in [2.05, 4.69) is 0 Å². The third kappa shape index (κ3) is 1.85. The second-order valence-electron chi connectivity index (χ2n) is 1.83. The van der Waals surface area contributed by atoms with Crippen molar-refractivity contribution in [2.45, 2.75) is 6.42 Å². The maximum Gasteiger partial charge on any atom is 0.0950 e. The summed E-state index contributed by atoms with van der Waals surface area (Å²) in [6.45, 7) is 0. The van der Waals surface area contributed by atoms with Gasteiger partial charge < -0.3 is 5.73 Å². The van der Waals surface area contributed by atoms with E-state index < -0.39 is 0 Å². The Kier molecular flexibility index (Phi) is 1.85. The van der Waals surface area contributed by atoms with Gasteiger partial charge >= 0.3 is 0 Å². The van der Waals surface area contributed by atoms with Gasteiger partial charge in [-0.3, -0.25) is 5.41 Å². The van der Waals surface area contributed by atoms with E-state index in [1.54, 1.807) is 11.3 Å². The highest BCUT2D eigenvalue weighted by molar-refractivity contribution is 7.07. The molecular formula is C6H8N2S. The van der Waals surface area contributed by atoms with Crippen LogP contribution >= 0.6 is 11.3 Å². The summed E-state index contributed by atoms with van der Waals surface area (Å²) in [6, 6.07) is 1.98. The van der Waals surface area contributed by atoms with Crippen LogP contribution in [0.1, 0.15) is 5.56 Å². The Morgan fingerprint density at radius 3 is 3.00 bits per heavy atom. The summed E-state index contributed by atoms with van der Waals surface area (Å²) in [6.07, 6.45) is 0.587. The minimum atomic E-state index is 0.230. The fourth-order valence-corrected chi connectivity index (χ4v) is 1.28. The van der Waals surface area contributed by atoms with Crippen molar-refractivity contribution < 1.29 is 0 Å². The van der Waals surface area contributed by atoms with Gasteiger partial charge in [-0.15, -0.1) is 0 Å². The number of rotatable bonds is 2. The molecule has 9 heavy (non-hydrogen) atoms. The summed E-state index contributed by atoms with van der Waals surface area (Å²) < 4.78 is 0. The van der Waals surface area contributed by atoms with Crippen molar-refractivity contribution in [1.82, 2.24) is 0 Å². The fourth-order valence-electron chi connectivity index (χ4n) is 0.613. The minimum Gasteiger partial charge on any atom is -0.387 e. The number of amidine groups is 1. The number of hydrogen-bond acceptors (Lipinski definition) is 2. The second-order valence-corrected chi connectivity index (χ2v) is 2.61. The molecule has 1 aromatic heterocycles. The van der Waals surface area contributed by atoms with E-state index in [9.17, 15) is 0 Å². The molecular weight excluding hydrogens is 132 g/mol. The summed E-state index contributed by atoms with van der Waals surface area (Å²) >= 11 is 1.63. The van der Waals surface area contributed by atoms with E-state index in [1.165, 1.54) is 0 Å². The summed E-state index contributed by atoms with van der Waals surface area (Å²) in [5, 5.41) is 10.9. The zero-order valence-corrected chi connectivity index (χ0v) is 5.74. The van der Waals surface area contributed by atoms with Gasteiger partial charge in [-0.25, -0.2) is 0 Å². The Morgan fingerprint density at radius 2 is 2.56 bits per heavy atom. The Hall–Kier alpha value is -0.830. The third-order valence-corrected chi connectivity index (χ3v) is 1.71. The SMILES string of the molecule is N=C(N)Cc1ccsc1. The van der Waals surface area contributed by atoms with Crippen LogP contribution in [0.5, 0.6) is 0 Å². The van der Waals surface area contributed by atoms with Crippen LogP contribution in [0.25, 0.3) is 0 Å². The smallest absolute Gasteiger partial charge is 0.0950 e. The van der Waals surface area contributed by atoms with Gasteiger partial charge in [-0.05, 0) is 22.4 Å². The monoisotopic (exact) mass is 140 g/mol. The van der Waals surface area contributed by atoms with Crippen molar-refractivity contribution in [3.05, 3.63) is 22.4 Å². The van der Waals surface area contributed by atoms with Crippen molar-refractivity contribution in [1.29, 1.82) is 5.41 Å². The predicted octanol–water partition coefficient (Wildman–Crippen LogP) is 1.23. The van der Waals surface area contributed by atoms with Crippen LogP contribution in [0.3, 0.4) is 0 Å². The molecule has 0 atom stereocenters. The summed E-state index contributed by atoms with van der Waals surface area (Å²) in [5.41, 5.74) is 6.30. The molecule has 1 aromatic rings. The lowest BCUT2D eigenvalue weighted by molar-refractivity contribution is 1.26. The fraction of sp³-hybridized carbons (Fsp3) is 0.167. The molecule has 0 bridgehead atoms. The molecule has 0 saturated heterocycles. The first kappa shape index (κ1) is 6.29. The van der Waals surface area contributed by atoms with Crippen LogP contribution < -0.4 is 5.73 Å². The van der Waals surface area contributed by atoms with Gasteiger partial charge in [-0.1, -0.05) is 0 Å². The number of thiophene rings is 1. The molecule has 0 aliphatic carbocycles. The van der Waals surface area contributed by atoms with Crippen LogP contribution in [0, 0.1) is 5.41 Å². The summed E-state index contributed by atoms with van der Waals surface area (Å²) in [5.74, 6) is 0.230. The van der Waals surface area contributed by atoms with Crippen molar-refractivity contribution >= 4 is 17.2 Å². The highest BCUT2D eigenvalue weighted by atomic mass is 32.1. The Bertz CT molecular complexity index is 191. The maximum absolute atomic E-state index is 6.95. The van der Waals surface area contributed by atoms with E-state index in [-0.39, 0.29) is 5.84 Å². The predicted molar refractivity (Wildman–Crippen MR) is 39.9 cm³/mol. The van der Waals surface area contributed by atoms with E-state index in [1.807, 2.05) is 16.8 Å². The maximum atomic E-state index is 6.95. The molecule has 48 valence electrons. The molecule has 0 saturated carbocycles. The molecule has 0 amide bonds. The lowest BCUT2D eigenvalue weighted by atomic mass is 10.2. The topological polar surface area (TPSA) is 49.9 Å². The van der Waals surface area contributed by atoms with Crippen molar-refractivity contribution in [2.75, 3.05) is 0 Å². The standard InChI is InChI=1S/C6H8N2S/c7-6(8)3-5-1-2-9-4-5/h1-2,4H,3H2,(H3,7,8). The Morgan fingerprint density at radius 1 is 1.78 bits per heavy atom. The van der Waals surface area contributed by atoms with E-state index in [4.69, 9.17) is 11.1 Å². The van der Waals surface area contributed by atoms with Gasteiger partial charge in [0.2, 0.25) is 0 Å². The highest BCUT2D eigenvalue weighted by Gasteiger charge is 1.92. The van der Waals surface area contributed by atoms with E-state index in [0.29, 0.717) is 6.42 Å². The van der Waals surface area contributed by atoms with Crippen LogP contribution in [-0.2, 0) is 6.42 Å². The van der Waals surface area contributed by atoms with Gasteiger partial charge in [0, 0.05) is 6.42 Å². The highest BCUT2D eigenvalue weighted by Crippen LogP contribution is 2.05. The minimum absolute atomic E-state index is 0.230. The number of nitrogens with two attached hydrogens (primary N) is 1. The number of nitrogens with one attached hydrogen (secondary N) is 1. The summed E-state index contributed by atoms with van der Waals surface area (Å²) in [4.78, 5) is 0. The molecule has 0 fully saturated rings. The van der Waals surface area contributed by atoms with Crippen LogP contribution in [-0.4, -0.2) is 5.84 Å². The molecule has 3 heteroatoms. The van der Waals surface area contributed by atoms with Crippen molar-refractivity contribution in [2.24, 2.45) is 5.73 Å². The molecule has 2 nitrogen and oxygen atoms in total. The van der Waals surface area contributed by atoms with Gasteiger partial charge in [0.15, 0.2) is 0 Å². The van der Waals surface area contributed by atoms with Crippen molar-refractivity contribution in [3.63, 3.8) is 0 Å². The molecule has 1 rings (SSSR count). The molecule has 3 N–H and O–H groups in total. The molecule has 0 aliphatic rings. The lowest BCUT2D eigenvalue weighted by Gasteiger charge is -1.90. The first-order valence-corrected chi connectivity index (χ1v) is 3.57. The lowest BCUT2D eigenvalue weighted by Crippen LogP contribution is -2.11. The quantitative estimate of drug-likeness (QED) is 0.471. The van der Waals surface area contributed by atoms with Crippen LogP contribution in [0.2, 0.25) is 0 Å². The third-order valence-electron chi connectivity index (χ3n) is 0.975. The second kappa shape index (κ2) is 2.64. The Labute approximate surface area is 57.8 Å². The van der Waals surface area contributed by atoms with Gasteiger partial charge in [0.1, 0.15) is 0 Å². The van der Waals surface area contributed by atoms with Gasteiger partial charge in [0.25, 0.3) is 0 Å². The average molecular weight is 140 g/mol. The first-order chi connectivity index (χ1) is 4.29.